The van der Waals surface area contributed by atoms with Gasteiger partial charge in [0.15, 0.2) is 5.43 Å². The zero-order valence-corrected chi connectivity index (χ0v) is 21.8. The number of hydrogen-bond acceptors (Lipinski definition) is 7. The molecule has 0 radical (unpaired) electrons. The highest BCUT2D eigenvalue weighted by atomic mass is 32.2. The molecule has 3 aromatic carbocycles. The minimum absolute atomic E-state index is 0.110. The maximum absolute atomic E-state index is 13.1. The summed E-state index contributed by atoms with van der Waals surface area (Å²) in [5.74, 6) is 0.443. The Hall–Kier alpha value is -4.16. The zero-order valence-electron chi connectivity index (χ0n) is 20.2. The molecular formula is C27H19F3N2O5S2. The third-order valence-corrected chi connectivity index (χ3v) is 7.19. The summed E-state index contributed by atoms with van der Waals surface area (Å²) in [5, 5.41) is 2.67. The standard InChI is InChI=1S/C27H19F3N2O5S2/c1-39(34,35)32-19-8-4-16(5-9-19)23-14-37-24-12-21(10-11-22(24)25(23)33)36-13-20-15-38-26(31-20)17-2-6-18(7-3-17)27(28,29)30/h2-12,14-15,32H,13H2,1H3. The van der Waals surface area contributed by atoms with Crippen LogP contribution in [0.25, 0.3) is 32.7 Å². The number of nitrogens with zero attached hydrogens (tertiary/aromatic N) is 1. The second-order valence-corrected chi connectivity index (χ2v) is 11.2. The van der Waals surface area contributed by atoms with Crippen LogP contribution in [0, 0.1) is 0 Å². The molecule has 0 fully saturated rings. The second kappa shape index (κ2) is 10.2. The molecule has 2 heterocycles. The van der Waals surface area contributed by atoms with Crippen LogP contribution in [0.4, 0.5) is 18.9 Å². The van der Waals surface area contributed by atoms with Crippen LogP contribution in [0.2, 0.25) is 0 Å². The Morgan fingerprint density at radius 2 is 1.69 bits per heavy atom. The van der Waals surface area contributed by atoms with Crippen molar-refractivity contribution in [2.75, 3.05) is 11.0 Å². The average Bonchev–Trinajstić information content (AvgIpc) is 3.36. The van der Waals surface area contributed by atoms with E-state index in [-0.39, 0.29) is 12.0 Å². The highest BCUT2D eigenvalue weighted by Crippen LogP contribution is 2.32. The van der Waals surface area contributed by atoms with Gasteiger partial charge in [-0.2, -0.15) is 13.2 Å². The second-order valence-electron chi connectivity index (χ2n) is 8.60. The highest BCUT2D eigenvalue weighted by molar-refractivity contribution is 7.92. The molecule has 5 rings (SSSR count). The van der Waals surface area contributed by atoms with E-state index in [4.69, 9.17) is 9.15 Å². The van der Waals surface area contributed by atoms with Gasteiger partial charge in [0.05, 0.1) is 28.5 Å². The van der Waals surface area contributed by atoms with Crippen molar-refractivity contribution < 1.29 is 30.7 Å². The van der Waals surface area contributed by atoms with Crippen molar-refractivity contribution in [3.63, 3.8) is 0 Å². The van der Waals surface area contributed by atoms with Gasteiger partial charge in [0.1, 0.15) is 29.2 Å². The van der Waals surface area contributed by atoms with E-state index in [1.807, 2.05) is 0 Å². The first-order valence-electron chi connectivity index (χ1n) is 11.3. The molecule has 200 valence electrons. The Kier molecular flexibility index (Phi) is 6.91. The molecule has 0 saturated carbocycles. The minimum Gasteiger partial charge on any atom is -0.487 e. The van der Waals surface area contributed by atoms with Crippen LogP contribution < -0.4 is 14.9 Å². The van der Waals surface area contributed by atoms with Crippen molar-refractivity contribution in [1.29, 1.82) is 0 Å². The summed E-state index contributed by atoms with van der Waals surface area (Å²) in [6.45, 7) is 0.110. The fourth-order valence-corrected chi connectivity index (χ4v) is 5.17. The number of anilines is 1. The van der Waals surface area contributed by atoms with Gasteiger partial charge in [0, 0.05) is 22.7 Å². The Labute approximate surface area is 224 Å². The highest BCUT2D eigenvalue weighted by Gasteiger charge is 2.30. The van der Waals surface area contributed by atoms with E-state index in [9.17, 15) is 26.4 Å². The molecule has 0 saturated heterocycles. The number of hydrogen-bond donors (Lipinski definition) is 1. The summed E-state index contributed by atoms with van der Waals surface area (Å²) >= 11 is 1.29. The smallest absolute Gasteiger partial charge is 0.416 e. The van der Waals surface area contributed by atoms with Gasteiger partial charge in [-0.15, -0.1) is 11.3 Å². The third kappa shape index (κ3) is 6.13. The van der Waals surface area contributed by atoms with Crippen LogP contribution in [0.1, 0.15) is 11.3 Å². The van der Waals surface area contributed by atoms with Crippen LogP contribution in [0.5, 0.6) is 5.75 Å². The maximum atomic E-state index is 13.1. The molecule has 0 unspecified atom stereocenters. The number of alkyl halides is 3. The van der Waals surface area contributed by atoms with Crippen molar-refractivity contribution in [3.05, 3.63) is 99.9 Å². The Morgan fingerprint density at radius 3 is 2.36 bits per heavy atom. The van der Waals surface area contributed by atoms with Crippen LogP contribution in [-0.2, 0) is 22.8 Å². The summed E-state index contributed by atoms with van der Waals surface area (Å²) in [6.07, 6.45) is -2.01. The van der Waals surface area contributed by atoms with E-state index in [0.717, 1.165) is 18.4 Å². The van der Waals surface area contributed by atoms with Gasteiger partial charge in [0.25, 0.3) is 0 Å². The lowest BCUT2D eigenvalue weighted by Crippen LogP contribution is -2.09. The summed E-state index contributed by atoms with van der Waals surface area (Å²) in [6, 6.07) is 16.0. The maximum Gasteiger partial charge on any atom is 0.416 e. The fourth-order valence-electron chi connectivity index (χ4n) is 3.79. The molecular weight excluding hydrogens is 553 g/mol. The molecule has 0 amide bonds. The molecule has 0 bridgehead atoms. The van der Waals surface area contributed by atoms with Crippen LogP contribution in [-0.4, -0.2) is 19.7 Å². The van der Waals surface area contributed by atoms with Crippen molar-refractivity contribution in [2.24, 2.45) is 0 Å². The van der Waals surface area contributed by atoms with E-state index in [1.54, 1.807) is 47.8 Å². The largest absolute Gasteiger partial charge is 0.487 e. The summed E-state index contributed by atoms with van der Waals surface area (Å²) in [7, 11) is -3.42. The van der Waals surface area contributed by atoms with E-state index in [0.29, 0.717) is 49.8 Å². The van der Waals surface area contributed by atoms with Crippen LogP contribution in [0.3, 0.4) is 0 Å². The van der Waals surface area contributed by atoms with Crippen LogP contribution >= 0.6 is 11.3 Å². The first kappa shape index (κ1) is 26.4. The van der Waals surface area contributed by atoms with Gasteiger partial charge in [-0.3, -0.25) is 9.52 Å². The third-order valence-electron chi connectivity index (χ3n) is 5.64. The number of sulfonamides is 1. The van der Waals surface area contributed by atoms with Crippen molar-refractivity contribution in [3.8, 4) is 27.4 Å². The number of halogens is 3. The normalized spacial score (nSPS) is 12.0. The lowest BCUT2D eigenvalue weighted by atomic mass is 10.1. The number of benzene rings is 3. The lowest BCUT2D eigenvalue weighted by Gasteiger charge is -2.08. The number of aromatic nitrogens is 1. The van der Waals surface area contributed by atoms with E-state index in [1.165, 1.54) is 29.7 Å². The SMILES string of the molecule is CS(=O)(=O)Nc1ccc(-c2coc3cc(OCc4csc(-c5ccc(C(F)(F)F)cc5)n4)ccc3c2=O)cc1. The van der Waals surface area contributed by atoms with E-state index in [2.05, 4.69) is 9.71 Å². The topological polar surface area (TPSA) is 98.5 Å². The first-order chi connectivity index (χ1) is 18.5. The molecule has 0 aliphatic carbocycles. The van der Waals surface area contributed by atoms with E-state index >= 15 is 0 Å². The fraction of sp³-hybridized carbons (Fsp3) is 0.111. The predicted octanol–water partition coefficient (Wildman–Crippen LogP) is 6.55. The average molecular weight is 573 g/mol. The molecule has 1 N–H and O–H groups in total. The lowest BCUT2D eigenvalue weighted by molar-refractivity contribution is -0.137. The molecule has 7 nitrogen and oxygen atoms in total. The summed E-state index contributed by atoms with van der Waals surface area (Å²) in [4.78, 5) is 17.5. The molecule has 12 heteroatoms. The Bertz CT molecular complexity index is 1810. The van der Waals surface area contributed by atoms with Gasteiger partial charge in [0.2, 0.25) is 10.0 Å². The number of ether oxygens (including phenoxy) is 1. The molecule has 0 spiro atoms. The number of fused-ring (bicyclic) bond motifs is 1. The predicted molar refractivity (Wildman–Crippen MR) is 143 cm³/mol. The van der Waals surface area contributed by atoms with Gasteiger partial charge in [-0.05, 0) is 42.0 Å². The molecule has 5 aromatic rings. The number of nitrogens with one attached hydrogen (secondary N) is 1. The summed E-state index contributed by atoms with van der Waals surface area (Å²) < 4.78 is 75.0. The monoisotopic (exact) mass is 572 g/mol. The van der Waals surface area contributed by atoms with Crippen molar-refractivity contribution >= 4 is 38.0 Å². The Balaban J connectivity index is 1.29. The Morgan fingerprint density at radius 1 is 1.00 bits per heavy atom. The van der Waals surface area contributed by atoms with Gasteiger partial charge >= 0.3 is 6.18 Å². The van der Waals surface area contributed by atoms with Crippen LogP contribution in [0.15, 0.2) is 87.6 Å². The van der Waals surface area contributed by atoms with Crippen molar-refractivity contribution in [2.45, 2.75) is 12.8 Å². The number of rotatable bonds is 7. The van der Waals surface area contributed by atoms with Gasteiger partial charge in [-0.25, -0.2) is 13.4 Å². The molecule has 0 atom stereocenters. The quantitative estimate of drug-likeness (QED) is 0.237. The van der Waals surface area contributed by atoms with Gasteiger partial charge < -0.3 is 9.15 Å². The van der Waals surface area contributed by atoms with Crippen molar-refractivity contribution in [1.82, 2.24) is 4.98 Å². The molecule has 2 aromatic heterocycles. The molecule has 0 aliphatic rings. The first-order valence-corrected chi connectivity index (χ1v) is 14.1. The van der Waals surface area contributed by atoms with E-state index < -0.39 is 21.8 Å². The zero-order chi connectivity index (χ0) is 27.8. The van der Waals surface area contributed by atoms with Gasteiger partial charge in [-0.1, -0.05) is 24.3 Å². The minimum atomic E-state index is -4.40. The molecule has 39 heavy (non-hydrogen) atoms. The number of thiazole rings is 1. The summed E-state index contributed by atoms with van der Waals surface area (Å²) in [5.41, 5.74) is 1.77. The molecule has 0 aliphatic heterocycles.